The van der Waals surface area contributed by atoms with E-state index in [2.05, 4.69) is 24.5 Å². The number of carbonyl (C=O) groups is 2. The van der Waals surface area contributed by atoms with Crippen molar-refractivity contribution >= 4 is 17.5 Å². The van der Waals surface area contributed by atoms with Gasteiger partial charge in [0.2, 0.25) is 11.8 Å². The second kappa shape index (κ2) is 11.3. The number of hydrogen-bond acceptors (Lipinski definition) is 5. The van der Waals surface area contributed by atoms with Crippen LogP contribution in [-0.2, 0) is 11.2 Å². The van der Waals surface area contributed by atoms with Gasteiger partial charge in [-0.25, -0.2) is 0 Å². The van der Waals surface area contributed by atoms with E-state index in [0.717, 1.165) is 12.0 Å². The van der Waals surface area contributed by atoms with Gasteiger partial charge >= 0.3 is 0 Å². The minimum Gasteiger partial charge on any atom is -0.491 e. The number of nitrogens with one attached hydrogen (secondary N) is 2. The van der Waals surface area contributed by atoms with E-state index < -0.39 is 12.0 Å². The van der Waals surface area contributed by atoms with Gasteiger partial charge in [0.25, 0.3) is 0 Å². The topological polar surface area (TPSA) is 114 Å². The number of rotatable bonds is 11. The standard InChI is InChI=1S/C23H31N3O4/c1-15(11-18-7-9-19(10-8-18)23(24)29)16(2)25-13-21(28)14-30-22-6-4-5-20(12-22)26-17(3)27/h4-10,12,15-16,21,25,28H,11,13-14H2,1-3H3,(H2,24,29)(H,26,27). The Labute approximate surface area is 177 Å². The maximum Gasteiger partial charge on any atom is 0.248 e. The lowest BCUT2D eigenvalue weighted by atomic mass is 9.94. The predicted molar refractivity (Wildman–Crippen MR) is 118 cm³/mol. The van der Waals surface area contributed by atoms with E-state index >= 15 is 0 Å². The molecule has 2 aromatic carbocycles. The lowest BCUT2D eigenvalue weighted by molar-refractivity contribution is -0.114. The summed E-state index contributed by atoms with van der Waals surface area (Å²) in [5, 5.41) is 16.3. The van der Waals surface area contributed by atoms with Crippen molar-refractivity contribution < 1.29 is 19.4 Å². The SMILES string of the molecule is CC(=O)Nc1cccc(OCC(O)CNC(C)C(C)Cc2ccc(C(N)=O)cc2)c1. The highest BCUT2D eigenvalue weighted by atomic mass is 16.5. The third-order valence-electron chi connectivity index (χ3n) is 4.92. The number of anilines is 1. The molecule has 7 heteroatoms. The van der Waals surface area contributed by atoms with Gasteiger partial charge in [0.15, 0.2) is 0 Å². The second-order valence-electron chi connectivity index (χ2n) is 7.61. The molecule has 3 unspecified atom stereocenters. The highest BCUT2D eigenvalue weighted by Gasteiger charge is 2.15. The minimum atomic E-state index is -0.668. The van der Waals surface area contributed by atoms with Crippen LogP contribution in [0, 0.1) is 5.92 Å². The van der Waals surface area contributed by atoms with Crippen LogP contribution in [0.4, 0.5) is 5.69 Å². The molecule has 0 saturated heterocycles. The monoisotopic (exact) mass is 413 g/mol. The zero-order chi connectivity index (χ0) is 22.1. The first-order valence-corrected chi connectivity index (χ1v) is 10.0. The van der Waals surface area contributed by atoms with Crippen LogP contribution in [0.25, 0.3) is 0 Å². The molecule has 2 aromatic rings. The molecule has 0 radical (unpaired) electrons. The highest BCUT2D eigenvalue weighted by Crippen LogP contribution is 2.17. The van der Waals surface area contributed by atoms with E-state index in [4.69, 9.17) is 10.5 Å². The van der Waals surface area contributed by atoms with Gasteiger partial charge in [-0.15, -0.1) is 0 Å². The van der Waals surface area contributed by atoms with Gasteiger partial charge in [-0.1, -0.05) is 25.1 Å². The van der Waals surface area contributed by atoms with E-state index in [1.165, 1.54) is 6.92 Å². The van der Waals surface area contributed by atoms with Gasteiger partial charge in [0.1, 0.15) is 18.5 Å². The molecule has 2 rings (SSSR count). The van der Waals surface area contributed by atoms with Crippen molar-refractivity contribution in [3.05, 3.63) is 59.7 Å². The Balaban J connectivity index is 1.74. The fourth-order valence-corrected chi connectivity index (χ4v) is 3.00. The van der Waals surface area contributed by atoms with Crippen molar-refractivity contribution in [1.82, 2.24) is 5.32 Å². The van der Waals surface area contributed by atoms with Gasteiger partial charge in [0, 0.05) is 36.8 Å². The molecule has 0 aliphatic carbocycles. The second-order valence-corrected chi connectivity index (χ2v) is 7.61. The molecule has 3 atom stereocenters. The van der Waals surface area contributed by atoms with Crippen LogP contribution in [0.3, 0.4) is 0 Å². The molecule has 0 aliphatic heterocycles. The molecule has 0 bridgehead atoms. The van der Waals surface area contributed by atoms with Gasteiger partial charge < -0.3 is 26.2 Å². The molecule has 7 nitrogen and oxygen atoms in total. The lowest BCUT2D eigenvalue weighted by Gasteiger charge is -2.23. The Morgan fingerprint density at radius 3 is 2.47 bits per heavy atom. The summed E-state index contributed by atoms with van der Waals surface area (Å²) in [6, 6.07) is 14.5. The smallest absolute Gasteiger partial charge is 0.248 e. The summed E-state index contributed by atoms with van der Waals surface area (Å²) in [5.74, 6) is 0.332. The molecule has 5 N–H and O–H groups in total. The summed E-state index contributed by atoms with van der Waals surface area (Å²) in [4.78, 5) is 22.3. The number of benzene rings is 2. The fraction of sp³-hybridized carbons (Fsp3) is 0.391. The molecule has 30 heavy (non-hydrogen) atoms. The van der Waals surface area contributed by atoms with Crippen LogP contribution in [0.5, 0.6) is 5.75 Å². The normalized spacial score (nSPS) is 13.9. The zero-order valence-electron chi connectivity index (χ0n) is 17.7. The molecule has 2 amide bonds. The van der Waals surface area contributed by atoms with Crippen LogP contribution in [0.1, 0.15) is 36.7 Å². The summed E-state index contributed by atoms with van der Waals surface area (Å²) < 4.78 is 5.63. The average molecular weight is 414 g/mol. The van der Waals surface area contributed by atoms with Crippen LogP contribution in [-0.4, -0.2) is 42.2 Å². The minimum absolute atomic E-state index is 0.145. The molecule has 0 fully saturated rings. The average Bonchev–Trinajstić information content (AvgIpc) is 2.70. The summed E-state index contributed by atoms with van der Waals surface area (Å²) in [6.45, 7) is 6.20. The van der Waals surface area contributed by atoms with E-state index in [1.807, 2.05) is 12.1 Å². The Morgan fingerprint density at radius 2 is 1.83 bits per heavy atom. The number of primary amides is 1. The lowest BCUT2D eigenvalue weighted by Crippen LogP contribution is -2.40. The Hall–Kier alpha value is -2.90. The van der Waals surface area contributed by atoms with E-state index in [0.29, 0.717) is 29.5 Å². The van der Waals surface area contributed by atoms with Crippen LogP contribution in [0.2, 0.25) is 0 Å². The quantitative estimate of drug-likeness (QED) is 0.452. The molecule has 0 aliphatic rings. The van der Waals surface area contributed by atoms with Gasteiger partial charge in [-0.3, -0.25) is 9.59 Å². The first-order chi connectivity index (χ1) is 14.2. The van der Waals surface area contributed by atoms with Gasteiger partial charge in [-0.2, -0.15) is 0 Å². The molecule has 0 spiro atoms. The maximum atomic E-state index is 11.2. The predicted octanol–water partition coefficient (Wildman–Crippen LogP) is 2.34. The summed E-state index contributed by atoms with van der Waals surface area (Å²) in [6.07, 6.45) is 0.175. The highest BCUT2D eigenvalue weighted by molar-refractivity contribution is 5.92. The number of amides is 2. The van der Waals surface area contributed by atoms with Crippen molar-refractivity contribution in [1.29, 1.82) is 0 Å². The van der Waals surface area contributed by atoms with Crippen molar-refractivity contribution in [2.45, 2.75) is 39.3 Å². The molecule has 0 saturated carbocycles. The van der Waals surface area contributed by atoms with Crippen molar-refractivity contribution in [3.8, 4) is 5.75 Å². The molecule has 0 heterocycles. The number of aliphatic hydroxyl groups excluding tert-OH is 1. The summed E-state index contributed by atoms with van der Waals surface area (Å²) >= 11 is 0. The Morgan fingerprint density at radius 1 is 1.13 bits per heavy atom. The number of hydrogen-bond donors (Lipinski definition) is 4. The van der Waals surface area contributed by atoms with Crippen molar-refractivity contribution in [2.24, 2.45) is 11.7 Å². The number of carbonyl (C=O) groups excluding carboxylic acids is 2. The third-order valence-corrected chi connectivity index (χ3v) is 4.92. The van der Waals surface area contributed by atoms with Crippen LogP contribution in [0.15, 0.2) is 48.5 Å². The van der Waals surface area contributed by atoms with Crippen molar-refractivity contribution in [2.75, 3.05) is 18.5 Å². The zero-order valence-corrected chi connectivity index (χ0v) is 17.7. The summed E-state index contributed by atoms with van der Waals surface area (Å²) in [5.41, 5.74) is 7.55. The molecular weight excluding hydrogens is 382 g/mol. The number of ether oxygens (including phenoxy) is 1. The first kappa shape index (κ1) is 23.4. The van der Waals surface area contributed by atoms with E-state index in [9.17, 15) is 14.7 Å². The van der Waals surface area contributed by atoms with Crippen molar-refractivity contribution in [3.63, 3.8) is 0 Å². The van der Waals surface area contributed by atoms with Gasteiger partial charge in [-0.05, 0) is 49.1 Å². The van der Waals surface area contributed by atoms with E-state index in [1.54, 1.807) is 36.4 Å². The fourth-order valence-electron chi connectivity index (χ4n) is 3.00. The molecule has 162 valence electrons. The number of nitrogens with two attached hydrogens (primary N) is 1. The maximum absolute atomic E-state index is 11.2. The summed E-state index contributed by atoms with van der Waals surface area (Å²) in [7, 11) is 0. The first-order valence-electron chi connectivity index (χ1n) is 10.0. The largest absolute Gasteiger partial charge is 0.491 e. The Bertz CT molecular complexity index is 839. The number of aliphatic hydroxyl groups is 1. The molecular formula is C23H31N3O4. The molecule has 0 aromatic heterocycles. The van der Waals surface area contributed by atoms with Crippen LogP contribution < -0.4 is 21.1 Å². The van der Waals surface area contributed by atoms with Crippen LogP contribution >= 0.6 is 0 Å². The van der Waals surface area contributed by atoms with E-state index in [-0.39, 0.29) is 18.6 Å². The Kier molecular flexibility index (Phi) is 8.83. The van der Waals surface area contributed by atoms with Gasteiger partial charge in [0.05, 0.1) is 0 Å². The third kappa shape index (κ3) is 7.85.